The number of benzene rings is 2. The number of carbonyl (C=O) groups excluding carboxylic acids is 2. The van der Waals surface area contributed by atoms with E-state index in [9.17, 15) is 9.59 Å². The van der Waals surface area contributed by atoms with Crippen molar-refractivity contribution >= 4 is 40.0 Å². The van der Waals surface area contributed by atoms with Crippen molar-refractivity contribution in [3.05, 3.63) is 59.7 Å². The molecule has 0 amide bonds. The quantitative estimate of drug-likeness (QED) is 0.0877. The van der Waals surface area contributed by atoms with E-state index in [1.807, 2.05) is 48.5 Å². The normalized spacial score (nSPS) is 12.0. The predicted octanol–water partition coefficient (Wildman–Crippen LogP) is 8.39. The Bertz CT molecular complexity index is 1180. The summed E-state index contributed by atoms with van der Waals surface area (Å²) in [6.45, 7) is 22.3. The average molecular weight is 715 g/mol. The first-order chi connectivity index (χ1) is 21.6. The zero-order chi connectivity index (χ0) is 36.6. The van der Waals surface area contributed by atoms with Crippen molar-refractivity contribution in [2.45, 2.75) is 103 Å². The van der Waals surface area contributed by atoms with Gasteiger partial charge in [-0.05, 0) is 71.7 Å². The molecule has 0 spiro atoms. The van der Waals surface area contributed by atoms with E-state index in [1.54, 1.807) is 0 Å². The molecule has 47 heavy (non-hydrogen) atoms. The highest BCUT2D eigenvalue weighted by molar-refractivity contribution is 6.75. The minimum absolute atomic E-state index is 0.0944. The van der Waals surface area contributed by atoms with Gasteiger partial charge in [-0.15, -0.1) is 11.6 Å². The molecule has 0 saturated heterocycles. The molecule has 0 unspecified atom stereocenters. The number of halogens is 1. The minimum Gasteiger partial charge on any atom is -0.544 e. The van der Waals surface area contributed by atoms with Gasteiger partial charge in [0.2, 0.25) is 22.9 Å². The summed E-state index contributed by atoms with van der Waals surface area (Å²) in [5, 5.41) is 0.393. The van der Waals surface area contributed by atoms with Gasteiger partial charge >= 0.3 is 5.97 Å². The van der Waals surface area contributed by atoms with Gasteiger partial charge in [0.15, 0.2) is 5.78 Å². The fourth-order valence-corrected chi connectivity index (χ4v) is 5.49. The third kappa shape index (κ3) is 15.7. The van der Waals surface area contributed by atoms with Crippen LogP contribution in [0.3, 0.4) is 0 Å². The van der Waals surface area contributed by atoms with Crippen molar-refractivity contribution in [3.8, 4) is 11.5 Å². The van der Waals surface area contributed by atoms with E-state index in [4.69, 9.17) is 29.9 Å². The Labute approximate surface area is 290 Å². The molecule has 0 fully saturated rings. The molecule has 0 aromatic heterocycles. The Morgan fingerprint density at radius 1 is 0.617 bits per heavy atom. The molecule has 9 nitrogen and oxygen atoms in total. The topological polar surface area (TPSA) is 98.8 Å². The summed E-state index contributed by atoms with van der Waals surface area (Å²) in [5.74, 6) is 1.75. The Hall–Kier alpha value is -2.26. The maximum atomic E-state index is 11.9. The standard InChI is InChI=1S/C17H28O4Si.C13H21ClOSi.C5H10O4/c1-17(2,3)22(6,7)21-14-10-8-13(9-11-14)12-15(18)16(19-4)20-5;1-13(2,3)16(4,5)15-12-8-6-11(10-14)7-9-12;1-7-4(6)5(8-2)9-3/h8-11,16H,12H2,1-7H3;6-9H,10H2,1-5H3;5H,1-3H3. The molecule has 0 bridgehead atoms. The van der Waals surface area contributed by atoms with Crippen LogP contribution in [0, 0.1) is 0 Å². The molecule has 0 aliphatic heterocycles. The van der Waals surface area contributed by atoms with Crippen LogP contribution in [-0.4, -0.2) is 76.5 Å². The van der Waals surface area contributed by atoms with Gasteiger partial charge in [0.25, 0.3) is 6.29 Å². The van der Waals surface area contributed by atoms with Crippen molar-refractivity contribution < 1.29 is 42.1 Å². The molecule has 2 aromatic rings. The van der Waals surface area contributed by atoms with Crippen LogP contribution in [0.25, 0.3) is 0 Å². The van der Waals surface area contributed by atoms with Crippen molar-refractivity contribution in [2.75, 3.05) is 35.5 Å². The SMILES string of the molecule is CC(C)(C)[Si](C)(C)Oc1ccc(CCl)cc1.COC(=O)C(OC)OC.COC(OC)C(=O)Cc1ccc(O[Si](C)(C)C(C)(C)C)cc1. The highest BCUT2D eigenvalue weighted by Crippen LogP contribution is 2.38. The van der Waals surface area contributed by atoms with Gasteiger partial charge < -0.3 is 32.5 Å². The van der Waals surface area contributed by atoms with Gasteiger partial charge in [0.1, 0.15) is 11.5 Å². The number of carbonyl (C=O) groups is 2. The molecule has 0 aliphatic carbocycles. The van der Waals surface area contributed by atoms with Crippen LogP contribution in [0.2, 0.25) is 36.3 Å². The smallest absolute Gasteiger partial charge is 0.363 e. The largest absolute Gasteiger partial charge is 0.544 e. The zero-order valence-corrected chi connectivity index (χ0v) is 34.0. The van der Waals surface area contributed by atoms with E-state index in [-0.39, 0.29) is 22.3 Å². The number of hydrogen-bond acceptors (Lipinski definition) is 9. The van der Waals surface area contributed by atoms with E-state index < -0.39 is 35.2 Å². The average Bonchev–Trinajstić information content (AvgIpc) is 2.99. The lowest BCUT2D eigenvalue weighted by Crippen LogP contribution is -2.43. The fraction of sp³-hybridized carbons (Fsp3) is 0.600. The second-order valence-electron chi connectivity index (χ2n) is 13.9. The fourth-order valence-electron chi connectivity index (χ4n) is 3.25. The van der Waals surface area contributed by atoms with E-state index in [0.29, 0.717) is 5.88 Å². The van der Waals surface area contributed by atoms with Crippen LogP contribution in [0.15, 0.2) is 48.5 Å². The number of alkyl halides is 1. The third-order valence-electron chi connectivity index (χ3n) is 8.25. The number of hydrogen-bond donors (Lipinski definition) is 0. The van der Waals surface area contributed by atoms with Gasteiger partial charge in [-0.1, -0.05) is 65.8 Å². The Morgan fingerprint density at radius 2 is 0.957 bits per heavy atom. The van der Waals surface area contributed by atoms with Gasteiger partial charge in [-0.2, -0.15) is 0 Å². The minimum atomic E-state index is -1.83. The second kappa shape index (κ2) is 20.3. The lowest BCUT2D eigenvalue weighted by Gasteiger charge is -2.36. The third-order valence-corrected chi connectivity index (χ3v) is 17.3. The summed E-state index contributed by atoms with van der Waals surface area (Å²) in [7, 11) is 3.39. The van der Waals surface area contributed by atoms with Crippen molar-refractivity contribution in [2.24, 2.45) is 0 Å². The summed E-state index contributed by atoms with van der Waals surface area (Å²) in [5.41, 5.74) is 2.05. The summed E-state index contributed by atoms with van der Waals surface area (Å²) >= 11 is 5.75. The number of Topliss-reactive ketones (excluding diaryl/α,β-unsaturated/α-hetero) is 1. The summed E-state index contributed by atoms with van der Waals surface area (Å²) in [6, 6.07) is 15.8. The molecule has 2 aromatic carbocycles. The van der Waals surface area contributed by atoms with Gasteiger partial charge in [-0.3, -0.25) is 4.79 Å². The molecule has 0 radical (unpaired) electrons. The highest BCUT2D eigenvalue weighted by atomic mass is 35.5. The molecule has 0 N–H and O–H groups in total. The maximum Gasteiger partial charge on any atom is 0.363 e. The number of ketones is 1. The summed E-state index contributed by atoms with van der Waals surface area (Å²) < 4.78 is 35.7. The Balaban J connectivity index is 0.000000739. The van der Waals surface area contributed by atoms with Crippen molar-refractivity contribution in [3.63, 3.8) is 0 Å². The van der Waals surface area contributed by atoms with E-state index in [1.165, 1.54) is 35.5 Å². The first-order valence-electron chi connectivity index (χ1n) is 15.5. The molecular formula is C35H59ClO9Si2. The predicted molar refractivity (Wildman–Crippen MR) is 194 cm³/mol. The number of rotatable bonds is 13. The summed E-state index contributed by atoms with van der Waals surface area (Å²) in [4.78, 5) is 22.4. The van der Waals surface area contributed by atoms with Crippen LogP contribution >= 0.6 is 11.6 Å². The first-order valence-corrected chi connectivity index (χ1v) is 21.8. The Kier molecular flexibility index (Phi) is 19.3. The lowest BCUT2D eigenvalue weighted by molar-refractivity contribution is -0.180. The zero-order valence-electron chi connectivity index (χ0n) is 31.2. The van der Waals surface area contributed by atoms with Gasteiger partial charge in [0.05, 0.1) is 7.11 Å². The van der Waals surface area contributed by atoms with Crippen molar-refractivity contribution in [1.82, 2.24) is 0 Å². The van der Waals surface area contributed by atoms with Gasteiger partial charge in [-0.25, -0.2) is 4.79 Å². The van der Waals surface area contributed by atoms with E-state index >= 15 is 0 Å². The first kappa shape index (κ1) is 44.7. The van der Waals surface area contributed by atoms with E-state index in [2.05, 4.69) is 81.9 Å². The van der Waals surface area contributed by atoms with Gasteiger partial charge in [0, 0.05) is 40.7 Å². The van der Waals surface area contributed by atoms with E-state index in [0.717, 1.165) is 22.6 Å². The monoisotopic (exact) mass is 714 g/mol. The molecule has 0 atom stereocenters. The van der Waals surface area contributed by atoms with Crippen LogP contribution in [0.1, 0.15) is 52.7 Å². The molecule has 268 valence electrons. The molecule has 2 rings (SSSR count). The highest BCUT2D eigenvalue weighted by Gasteiger charge is 2.39. The van der Waals surface area contributed by atoms with Crippen LogP contribution < -0.4 is 8.85 Å². The summed E-state index contributed by atoms with van der Waals surface area (Å²) in [6.07, 6.45) is -1.41. The van der Waals surface area contributed by atoms with Crippen LogP contribution in [0.5, 0.6) is 11.5 Å². The van der Waals surface area contributed by atoms with Crippen LogP contribution in [-0.2, 0) is 45.6 Å². The second-order valence-corrected chi connectivity index (χ2v) is 23.6. The van der Waals surface area contributed by atoms with Crippen LogP contribution in [0.4, 0.5) is 0 Å². The number of ether oxygens (including phenoxy) is 5. The molecule has 0 aliphatic rings. The molecule has 0 heterocycles. The molecule has 12 heteroatoms. The number of methoxy groups -OCH3 is 5. The van der Waals surface area contributed by atoms with Crippen molar-refractivity contribution in [1.29, 1.82) is 0 Å². The number of esters is 1. The Morgan fingerprint density at radius 3 is 1.21 bits per heavy atom. The molecule has 0 saturated carbocycles. The molecular weight excluding hydrogens is 656 g/mol. The lowest BCUT2D eigenvalue weighted by atomic mass is 10.1. The maximum absolute atomic E-state index is 11.9.